The quantitative estimate of drug-likeness (QED) is 0.419. The summed E-state index contributed by atoms with van der Waals surface area (Å²) >= 11 is 3.69. The van der Waals surface area contributed by atoms with E-state index >= 15 is 0 Å². The fourth-order valence-corrected chi connectivity index (χ4v) is 4.06. The third kappa shape index (κ3) is 5.16. The molecule has 5 nitrogen and oxygen atoms in total. The normalized spacial score (nSPS) is 11.0. The third-order valence-corrected chi connectivity index (χ3v) is 6.00. The van der Waals surface area contributed by atoms with E-state index in [0.717, 1.165) is 65.5 Å². The largest absolute Gasteiger partial charge is 0.360 e. The van der Waals surface area contributed by atoms with E-state index in [4.69, 9.17) is 9.97 Å². The summed E-state index contributed by atoms with van der Waals surface area (Å²) in [4.78, 5) is 19.0. The van der Waals surface area contributed by atoms with Gasteiger partial charge in [-0.25, -0.2) is 15.0 Å². The van der Waals surface area contributed by atoms with Gasteiger partial charge in [0.25, 0.3) is 0 Å². The maximum atomic E-state index is 4.96. The van der Waals surface area contributed by atoms with Crippen LogP contribution in [0.15, 0.2) is 29.5 Å². The molecule has 6 heteroatoms. The van der Waals surface area contributed by atoms with Crippen LogP contribution in [0.2, 0.25) is 0 Å². The molecular weight excluding hydrogens is 426 g/mol. The lowest BCUT2D eigenvalue weighted by molar-refractivity contribution is 0.568. The average Bonchev–Trinajstić information content (AvgIpc) is 2.74. The van der Waals surface area contributed by atoms with Crippen LogP contribution in [0.4, 0.5) is 11.6 Å². The first-order valence-electron chi connectivity index (χ1n) is 10.5. The average molecular weight is 460 g/mol. The lowest BCUT2D eigenvalue weighted by Gasteiger charge is -2.31. The Bertz CT molecular complexity index is 832. The highest BCUT2D eigenvalue weighted by molar-refractivity contribution is 9.10. The smallest absolute Gasteiger partial charge is 0.162 e. The number of anilines is 2. The van der Waals surface area contributed by atoms with Crippen LogP contribution < -0.4 is 9.80 Å². The summed E-state index contributed by atoms with van der Waals surface area (Å²) in [5, 5.41) is 0. The first-order chi connectivity index (χ1) is 13.9. The van der Waals surface area contributed by atoms with Crippen molar-refractivity contribution in [2.75, 3.05) is 29.9 Å². The molecule has 158 valence electrons. The molecule has 2 aromatic heterocycles. The zero-order valence-corrected chi connectivity index (χ0v) is 20.3. The minimum Gasteiger partial charge on any atom is -0.360 e. The number of halogens is 1. The molecule has 0 aliphatic heterocycles. The van der Waals surface area contributed by atoms with Crippen molar-refractivity contribution in [2.24, 2.45) is 0 Å². The van der Waals surface area contributed by atoms with Gasteiger partial charge in [-0.1, -0.05) is 26.8 Å². The van der Waals surface area contributed by atoms with E-state index in [0.29, 0.717) is 6.04 Å². The number of hydrogen-bond donors (Lipinski definition) is 0. The van der Waals surface area contributed by atoms with E-state index in [1.165, 1.54) is 5.56 Å². The van der Waals surface area contributed by atoms with Crippen LogP contribution in [0.3, 0.4) is 0 Å². The Balaban J connectivity index is 2.54. The van der Waals surface area contributed by atoms with Gasteiger partial charge >= 0.3 is 0 Å². The van der Waals surface area contributed by atoms with Crippen molar-refractivity contribution in [1.29, 1.82) is 0 Å². The molecule has 0 aliphatic carbocycles. The molecule has 0 fully saturated rings. The van der Waals surface area contributed by atoms with E-state index in [-0.39, 0.29) is 0 Å². The first kappa shape index (κ1) is 23.3. The molecule has 0 aromatic carbocycles. The second-order valence-electron chi connectivity index (χ2n) is 7.25. The van der Waals surface area contributed by atoms with Crippen LogP contribution in [-0.4, -0.2) is 41.1 Å². The van der Waals surface area contributed by atoms with Crippen molar-refractivity contribution in [3.8, 4) is 11.3 Å². The van der Waals surface area contributed by atoms with Crippen molar-refractivity contribution in [3.05, 3.63) is 40.8 Å². The molecule has 0 amide bonds. The summed E-state index contributed by atoms with van der Waals surface area (Å²) in [5.41, 5.74) is 4.08. The van der Waals surface area contributed by atoms with Crippen LogP contribution in [0.1, 0.15) is 51.8 Å². The fourth-order valence-electron chi connectivity index (χ4n) is 3.56. The monoisotopic (exact) mass is 459 g/mol. The SMILES string of the molecule is C=CCN(c1nc(C)c(-c2cnc(N(C)CC)cc2CC)nc1Br)C(CC)CC. The molecule has 2 rings (SSSR count). The topological polar surface area (TPSA) is 45.2 Å². The number of hydrogen-bond acceptors (Lipinski definition) is 5. The van der Waals surface area contributed by atoms with Crippen LogP contribution in [-0.2, 0) is 6.42 Å². The Labute approximate surface area is 184 Å². The molecule has 0 radical (unpaired) electrons. The van der Waals surface area contributed by atoms with Gasteiger partial charge in [-0.05, 0) is 60.7 Å². The second kappa shape index (κ2) is 10.7. The molecule has 0 unspecified atom stereocenters. The van der Waals surface area contributed by atoms with Gasteiger partial charge in [-0.15, -0.1) is 6.58 Å². The molecule has 2 heterocycles. The molecule has 29 heavy (non-hydrogen) atoms. The Hall–Kier alpha value is -1.95. The summed E-state index contributed by atoms with van der Waals surface area (Å²) in [6, 6.07) is 2.57. The summed E-state index contributed by atoms with van der Waals surface area (Å²) in [6.45, 7) is 16.3. The van der Waals surface area contributed by atoms with Gasteiger partial charge in [0.2, 0.25) is 0 Å². The Kier molecular flexibility index (Phi) is 8.62. The zero-order chi connectivity index (χ0) is 21.6. The number of pyridine rings is 1. The van der Waals surface area contributed by atoms with Crippen molar-refractivity contribution in [2.45, 2.75) is 59.9 Å². The van der Waals surface area contributed by atoms with E-state index in [1.807, 2.05) is 19.2 Å². The molecule has 0 spiro atoms. The molecule has 0 N–H and O–H groups in total. The fraction of sp³-hybridized carbons (Fsp3) is 0.522. The van der Waals surface area contributed by atoms with Crippen LogP contribution in [0, 0.1) is 6.92 Å². The number of aryl methyl sites for hydroxylation is 2. The van der Waals surface area contributed by atoms with Crippen molar-refractivity contribution in [1.82, 2.24) is 15.0 Å². The maximum absolute atomic E-state index is 4.96. The third-order valence-electron chi connectivity index (χ3n) is 5.47. The predicted octanol–water partition coefficient (Wildman–Crippen LogP) is 5.81. The predicted molar refractivity (Wildman–Crippen MR) is 128 cm³/mol. The minimum absolute atomic E-state index is 0.403. The van der Waals surface area contributed by atoms with Crippen molar-refractivity contribution >= 4 is 27.6 Å². The van der Waals surface area contributed by atoms with Crippen molar-refractivity contribution in [3.63, 3.8) is 0 Å². The van der Waals surface area contributed by atoms with Gasteiger partial charge in [0.1, 0.15) is 10.4 Å². The van der Waals surface area contributed by atoms with Gasteiger partial charge in [-0.2, -0.15) is 0 Å². The number of aromatic nitrogens is 3. The molecule has 0 saturated heterocycles. The Morgan fingerprint density at radius 3 is 2.41 bits per heavy atom. The molecular formula is C23H34BrN5. The maximum Gasteiger partial charge on any atom is 0.162 e. The molecule has 0 saturated carbocycles. The standard InChI is InChI=1S/C23H34BrN5/c1-8-13-29(18(10-3)11-4)23-22(24)27-21(16(6)26-23)19-15-25-20(28(7)12-5)14-17(19)9-2/h8,14-15,18H,1,9-13H2,2-7H3. The second-order valence-corrected chi connectivity index (χ2v) is 8.00. The summed E-state index contributed by atoms with van der Waals surface area (Å²) in [6.07, 6.45) is 6.88. The molecule has 2 aromatic rings. The van der Waals surface area contributed by atoms with E-state index < -0.39 is 0 Å². The molecule has 0 bridgehead atoms. The number of nitrogens with zero attached hydrogens (tertiary/aromatic N) is 5. The molecule has 0 aliphatic rings. The van der Waals surface area contributed by atoms with Gasteiger partial charge < -0.3 is 9.80 Å². The minimum atomic E-state index is 0.403. The highest BCUT2D eigenvalue weighted by atomic mass is 79.9. The highest BCUT2D eigenvalue weighted by Crippen LogP contribution is 2.32. The van der Waals surface area contributed by atoms with Crippen LogP contribution in [0.25, 0.3) is 11.3 Å². The zero-order valence-electron chi connectivity index (χ0n) is 18.7. The lowest BCUT2D eigenvalue weighted by Crippen LogP contribution is -2.36. The van der Waals surface area contributed by atoms with Crippen molar-refractivity contribution < 1.29 is 0 Å². The Morgan fingerprint density at radius 2 is 1.86 bits per heavy atom. The van der Waals surface area contributed by atoms with Gasteiger partial charge in [0.05, 0.1) is 11.4 Å². The van der Waals surface area contributed by atoms with Crippen LogP contribution >= 0.6 is 15.9 Å². The van der Waals surface area contributed by atoms with Gasteiger partial charge in [0, 0.05) is 37.9 Å². The summed E-state index contributed by atoms with van der Waals surface area (Å²) < 4.78 is 0.767. The van der Waals surface area contributed by atoms with Gasteiger partial charge in [0.15, 0.2) is 5.82 Å². The first-order valence-corrected chi connectivity index (χ1v) is 11.3. The summed E-state index contributed by atoms with van der Waals surface area (Å²) in [5.74, 6) is 1.87. The van der Waals surface area contributed by atoms with E-state index in [9.17, 15) is 0 Å². The lowest BCUT2D eigenvalue weighted by atomic mass is 10.0. The highest BCUT2D eigenvalue weighted by Gasteiger charge is 2.22. The van der Waals surface area contributed by atoms with E-state index in [1.54, 1.807) is 0 Å². The van der Waals surface area contributed by atoms with Crippen LogP contribution in [0.5, 0.6) is 0 Å². The van der Waals surface area contributed by atoms with E-state index in [2.05, 4.69) is 78.1 Å². The number of rotatable bonds is 10. The summed E-state index contributed by atoms with van der Waals surface area (Å²) in [7, 11) is 2.06. The van der Waals surface area contributed by atoms with Gasteiger partial charge in [-0.3, -0.25) is 0 Å². The Morgan fingerprint density at radius 1 is 1.17 bits per heavy atom. The molecule has 0 atom stereocenters.